The van der Waals surface area contributed by atoms with Gasteiger partial charge in [0.1, 0.15) is 18.1 Å². The fourth-order valence-electron chi connectivity index (χ4n) is 6.06. The Labute approximate surface area is 223 Å². The third-order valence-corrected chi connectivity index (χ3v) is 8.27. The number of nitrogens with one attached hydrogen (secondary N) is 3. The van der Waals surface area contributed by atoms with Gasteiger partial charge in [0.25, 0.3) is 0 Å². The van der Waals surface area contributed by atoms with Crippen LogP contribution in [-0.4, -0.2) is 60.0 Å². The fraction of sp³-hybridized carbons (Fsp3) is 0.607. The lowest BCUT2D eigenvalue weighted by molar-refractivity contribution is -0.144. The quantitative estimate of drug-likeness (QED) is 0.502. The molecule has 0 radical (unpaired) electrons. The number of carbonyl (C=O) groups excluding carboxylic acids is 4. The monoisotopic (exact) mass is 523 g/mol. The number of rotatable bonds is 7. The van der Waals surface area contributed by atoms with Gasteiger partial charge < -0.3 is 25.6 Å². The molecule has 0 spiro atoms. The van der Waals surface area contributed by atoms with Gasteiger partial charge in [0, 0.05) is 12.2 Å². The van der Waals surface area contributed by atoms with E-state index in [0.717, 1.165) is 5.56 Å². The Balaban J connectivity index is 1.53. The van der Waals surface area contributed by atoms with Crippen molar-refractivity contribution in [3.63, 3.8) is 0 Å². The second kappa shape index (κ2) is 9.93. The van der Waals surface area contributed by atoms with Gasteiger partial charge in [-0.1, -0.05) is 52.8 Å². The molecular weight excluding hydrogens is 486 g/mol. The highest BCUT2D eigenvalue weighted by molar-refractivity contribution is 6.03. The van der Waals surface area contributed by atoms with E-state index >= 15 is 0 Å². The first-order valence-corrected chi connectivity index (χ1v) is 13.1. The minimum atomic E-state index is -0.918. The summed E-state index contributed by atoms with van der Waals surface area (Å²) in [4.78, 5) is 53.8. The number of hydrogen-bond donors (Lipinski definition) is 3. The molecule has 4 rings (SSSR count). The molecule has 204 valence electrons. The van der Waals surface area contributed by atoms with Gasteiger partial charge in [0.2, 0.25) is 17.7 Å². The molecule has 1 saturated carbocycles. The van der Waals surface area contributed by atoms with Crippen LogP contribution in [0.4, 0.5) is 10.5 Å². The normalized spacial score (nSPS) is 26.2. The van der Waals surface area contributed by atoms with Crippen LogP contribution in [0.3, 0.4) is 0 Å². The van der Waals surface area contributed by atoms with E-state index in [1.165, 1.54) is 0 Å². The lowest BCUT2D eigenvalue weighted by Gasteiger charge is -2.37. The highest BCUT2D eigenvalue weighted by Gasteiger charge is 2.69. The molecule has 1 aromatic carbocycles. The molecule has 1 unspecified atom stereocenters. The van der Waals surface area contributed by atoms with Crippen molar-refractivity contribution in [1.29, 1.82) is 5.26 Å². The number of alkyl carbamates (subject to hydrolysis) is 1. The zero-order valence-electron chi connectivity index (χ0n) is 22.8. The third-order valence-electron chi connectivity index (χ3n) is 8.27. The second-order valence-corrected chi connectivity index (χ2v) is 12.1. The number of carbonyl (C=O) groups is 4. The molecule has 2 fully saturated rings. The summed E-state index contributed by atoms with van der Waals surface area (Å²) in [6, 6.07) is 6.83. The van der Waals surface area contributed by atoms with Crippen molar-refractivity contribution in [1.82, 2.24) is 15.5 Å². The van der Waals surface area contributed by atoms with Crippen LogP contribution in [0.25, 0.3) is 0 Å². The van der Waals surface area contributed by atoms with Crippen molar-refractivity contribution in [3.8, 4) is 6.07 Å². The van der Waals surface area contributed by atoms with Crippen molar-refractivity contribution in [2.24, 2.45) is 22.7 Å². The number of nitriles is 1. The average molecular weight is 524 g/mol. The maximum atomic E-state index is 13.8. The lowest BCUT2D eigenvalue weighted by Crippen LogP contribution is -2.59. The number of benzene rings is 1. The third kappa shape index (κ3) is 4.94. The second-order valence-electron chi connectivity index (χ2n) is 12.1. The van der Waals surface area contributed by atoms with Gasteiger partial charge in [0.05, 0.1) is 18.6 Å². The van der Waals surface area contributed by atoms with Crippen LogP contribution in [0.5, 0.6) is 0 Å². The Morgan fingerprint density at radius 1 is 1.24 bits per heavy atom. The van der Waals surface area contributed by atoms with Gasteiger partial charge in [-0.3, -0.25) is 14.4 Å². The number of hydrogen-bond acceptors (Lipinski definition) is 6. The topological polar surface area (TPSA) is 141 Å². The first-order chi connectivity index (χ1) is 17.8. The molecule has 1 aromatic rings. The van der Waals surface area contributed by atoms with Gasteiger partial charge in [0.15, 0.2) is 0 Å². The summed E-state index contributed by atoms with van der Waals surface area (Å²) >= 11 is 0. The number of piperidine rings is 1. The highest BCUT2D eigenvalue weighted by Crippen LogP contribution is 2.65. The van der Waals surface area contributed by atoms with Crippen LogP contribution >= 0.6 is 0 Å². The number of fused-ring (bicyclic) bond motifs is 2. The van der Waals surface area contributed by atoms with Crippen molar-refractivity contribution in [2.75, 3.05) is 18.5 Å². The van der Waals surface area contributed by atoms with Gasteiger partial charge in [-0.05, 0) is 47.6 Å². The Hall–Kier alpha value is -3.61. The maximum absolute atomic E-state index is 13.8. The SMILES string of the molecule is CCOC(=O)N[C@H](C(=O)N1C[C@H]2[C@H]([C@H]1C(=O)N[C@H](C#N)CC1C(=O)Nc3ccccc31)C2(C)C)C(C)(C)C. The molecule has 10 heteroatoms. The number of anilines is 1. The van der Waals surface area contributed by atoms with E-state index in [9.17, 15) is 24.4 Å². The van der Waals surface area contributed by atoms with Crippen molar-refractivity contribution in [3.05, 3.63) is 29.8 Å². The predicted molar refractivity (Wildman–Crippen MR) is 140 cm³/mol. The van der Waals surface area contributed by atoms with E-state index in [1.807, 2.05) is 39.0 Å². The van der Waals surface area contributed by atoms with E-state index in [0.29, 0.717) is 12.2 Å². The van der Waals surface area contributed by atoms with Gasteiger partial charge in [-0.15, -0.1) is 0 Å². The fourth-order valence-corrected chi connectivity index (χ4v) is 6.06. The van der Waals surface area contributed by atoms with E-state index in [1.54, 1.807) is 17.9 Å². The van der Waals surface area contributed by atoms with Crippen LogP contribution in [0, 0.1) is 34.0 Å². The Morgan fingerprint density at radius 3 is 2.55 bits per heavy atom. The molecule has 2 aliphatic heterocycles. The molecule has 3 aliphatic rings. The van der Waals surface area contributed by atoms with E-state index in [4.69, 9.17) is 4.74 Å². The standard InChI is InChI=1S/C28H37N5O5/c1-7-38-26(37)32-22(27(2,3)4)25(36)33-14-18-20(28(18,5)6)21(33)24(35)30-15(13-29)12-17-16-10-8-9-11-19(16)31-23(17)34/h8-11,15,17-18,20-22H,7,12,14H2,1-6H3,(H,30,35)(H,31,34)(H,32,37)/t15-,17?,18-,20+,21-,22+/m0/s1. The summed E-state index contributed by atoms with van der Waals surface area (Å²) in [6.45, 7) is 11.9. The number of amides is 4. The molecule has 1 aliphatic carbocycles. The summed E-state index contributed by atoms with van der Waals surface area (Å²) in [7, 11) is 0. The Kier molecular flexibility index (Phi) is 7.17. The summed E-state index contributed by atoms with van der Waals surface area (Å²) in [6.07, 6.45) is -0.565. The van der Waals surface area contributed by atoms with Crippen LogP contribution < -0.4 is 16.0 Å². The number of ether oxygens (including phenoxy) is 1. The number of nitrogens with zero attached hydrogens (tertiary/aromatic N) is 2. The minimum Gasteiger partial charge on any atom is -0.450 e. The molecule has 2 heterocycles. The van der Waals surface area contributed by atoms with Crippen LogP contribution in [0.2, 0.25) is 0 Å². The predicted octanol–water partition coefficient (Wildman–Crippen LogP) is 2.76. The van der Waals surface area contributed by atoms with Gasteiger partial charge in [-0.2, -0.15) is 5.26 Å². The summed E-state index contributed by atoms with van der Waals surface area (Å²) in [5.41, 5.74) is 0.747. The van der Waals surface area contributed by atoms with E-state index < -0.39 is 41.5 Å². The molecule has 38 heavy (non-hydrogen) atoms. The van der Waals surface area contributed by atoms with Gasteiger partial charge >= 0.3 is 6.09 Å². The smallest absolute Gasteiger partial charge is 0.407 e. The van der Waals surface area contributed by atoms with Crippen LogP contribution in [0.15, 0.2) is 24.3 Å². The lowest BCUT2D eigenvalue weighted by atomic mass is 9.85. The number of para-hydroxylation sites is 1. The molecule has 3 N–H and O–H groups in total. The molecule has 6 atom stereocenters. The molecule has 0 aromatic heterocycles. The van der Waals surface area contributed by atoms with Crippen molar-refractivity contribution < 1.29 is 23.9 Å². The first-order valence-electron chi connectivity index (χ1n) is 13.1. The molecule has 4 amide bonds. The zero-order valence-corrected chi connectivity index (χ0v) is 22.8. The first kappa shape index (κ1) is 27.4. The van der Waals surface area contributed by atoms with Gasteiger partial charge in [-0.25, -0.2) is 4.79 Å². The van der Waals surface area contributed by atoms with E-state index in [2.05, 4.69) is 35.9 Å². The average Bonchev–Trinajstić information content (AvgIpc) is 3.16. The highest BCUT2D eigenvalue weighted by atomic mass is 16.5. The number of likely N-dealkylation sites (tertiary alicyclic amines) is 1. The van der Waals surface area contributed by atoms with E-state index in [-0.39, 0.29) is 42.1 Å². The summed E-state index contributed by atoms with van der Waals surface area (Å²) in [5.74, 6) is -1.46. The molecule has 10 nitrogen and oxygen atoms in total. The maximum Gasteiger partial charge on any atom is 0.407 e. The van der Waals surface area contributed by atoms with Crippen LogP contribution in [-0.2, 0) is 19.1 Å². The van der Waals surface area contributed by atoms with Crippen LogP contribution in [0.1, 0.15) is 59.4 Å². The minimum absolute atomic E-state index is 0.0653. The molecule has 1 saturated heterocycles. The molecule has 0 bridgehead atoms. The van der Waals surface area contributed by atoms with Crippen molar-refractivity contribution in [2.45, 2.75) is 72.0 Å². The molecular formula is C28H37N5O5. The summed E-state index contributed by atoms with van der Waals surface area (Å²) < 4.78 is 5.01. The summed E-state index contributed by atoms with van der Waals surface area (Å²) in [5, 5.41) is 18.2. The Bertz CT molecular complexity index is 1180. The zero-order chi connectivity index (χ0) is 28.0. The Morgan fingerprint density at radius 2 is 1.92 bits per heavy atom. The van der Waals surface area contributed by atoms with Crippen molar-refractivity contribution >= 4 is 29.5 Å². The largest absolute Gasteiger partial charge is 0.450 e.